The lowest BCUT2D eigenvalue weighted by atomic mass is 10.1. The summed E-state index contributed by atoms with van der Waals surface area (Å²) in [5.74, 6) is 0.858. The SMILES string of the molecule is O=C([SH2+])OCCc1ccc(C[SH2+])cc1. The molecule has 0 atom stereocenters. The molecule has 0 spiro atoms. The molecule has 2 nitrogen and oxygen atoms in total. The van der Waals surface area contributed by atoms with Crippen molar-refractivity contribution in [3.8, 4) is 0 Å². The molecule has 14 heavy (non-hydrogen) atoms. The molecule has 1 rings (SSSR count). The van der Waals surface area contributed by atoms with Crippen molar-refractivity contribution in [3.63, 3.8) is 0 Å². The molecule has 0 aliphatic heterocycles. The maximum absolute atomic E-state index is 10.4. The van der Waals surface area contributed by atoms with E-state index in [1.54, 1.807) is 0 Å². The Labute approximate surface area is 94.5 Å². The second kappa shape index (κ2) is 5.98. The Bertz CT molecular complexity index is 295. The van der Waals surface area contributed by atoms with Crippen LogP contribution >= 0.6 is 0 Å². The monoisotopic (exact) mass is 230 g/mol. The Balaban J connectivity index is 2.40. The summed E-state index contributed by atoms with van der Waals surface area (Å²) in [4.78, 5) is 10.4. The summed E-state index contributed by atoms with van der Waals surface area (Å²) >= 11 is 6.17. The molecule has 0 heterocycles. The first kappa shape index (κ1) is 11.5. The minimum absolute atomic E-state index is 0.412. The zero-order valence-corrected chi connectivity index (χ0v) is 9.75. The van der Waals surface area contributed by atoms with E-state index in [-0.39, 0.29) is 0 Å². The van der Waals surface area contributed by atoms with Crippen LogP contribution in [0.15, 0.2) is 24.3 Å². The average molecular weight is 230 g/mol. The van der Waals surface area contributed by atoms with Crippen molar-refractivity contribution in [2.75, 3.05) is 6.61 Å². The second-order valence-electron chi connectivity index (χ2n) is 2.88. The predicted octanol–water partition coefficient (Wildman–Crippen LogP) is 0.889. The number of benzene rings is 1. The Kier molecular flexibility index (Phi) is 4.90. The third-order valence-electron chi connectivity index (χ3n) is 1.85. The first-order valence-electron chi connectivity index (χ1n) is 4.33. The van der Waals surface area contributed by atoms with E-state index in [2.05, 4.69) is 37.4 Å². The van der Waals surface area contributed by atoms with Gasteiger partial charge in [0.1, 0.15) is 12.4 Å². The molecule has 0 aliphatic carbocycles. The van der Waals surface area contributed by atoms with Gasteiger partial charge in [-0.05, 0) is 18.2 Å². The normalized spacial score (nSPS) is 9.86. The van der Waals surface area contributed by atoms with Gasteiger partial charge < -0.3 is 4.74 Å². The topological polar surface area (TPSA) is 26.3 Å². The van der Waals surface area contributed by atoms with Gasteiger partial charge >= 0.3 is 5.30 Å². The van der Waals surface area contributed by atoms with Gasteiger partial charge in [-0.15, -0.1) is 0 Å². The number of hydrogen-bond donors (Lipinski definition) is 0. The molecule has 0 saturated carbocycles. The first-order valence-corrected chi connectivity index (χ1v) is 5.54. The van der Waals surface area contributed by atoms with Crippen LogP contribution in [0.5, 0.6) is 0 Å². The van der Waals surface area contributed by atoms with Crippen LogP contribution in [0.3, 0.4) is 0 Å². The molecule has 4 heteroatoms. The number of carbonyl (C=O) groups excluding carboxylic acids is 1. The molecule has 76 valence electrons. The molecule has 1 aromatic rings. The summed E-state index contributed by atoms with van der Waals surface area (Å²) in [6.45, 7) is 0.412. The molecule has 0 radical (unpaired) electrons. The van der Waals surface area contributed by atoms with Crippen molar-refractivity contribution in [1.82, 2.24) is 0 Å². The molecule has 0 unspecified atom stereocenters. The number of ether oxygens (including phenoxy) is 1. The molecule has 0 aromatic heterocycles. The van der Waals surface area contributed by atoms with Crippen LogP contribution in [0.4, 0.5) is 4.79 Å². The highest BCUT2D eigenvalue weighted by Crippen LogP contribution is 2.05. The second-order valence-corrected chi connectivity index (χ2v) is 3.64. The number of hydrogen-bond acceptors (Lipinski definition) is 2. The Morgan fingerprint density at radius 2 is 1.79 bits per heavy atom. The van der Waals surface area contributed by atoms with Gasteiger partial charge in [0.05, 0.1) is 12.6 Å². The molecule has 0 amide bonds. The van der Waals surface area contributed by atoms with Crippen LogP contribution < -0.4 is 0 Å². The van der Waals surface area contributed by atoms with Gasteiger partial charge in [-0.1, -0.05) is 24.3 Å². The van der Waals surface area contributed by atoms with Gasteiger partial charge in [-0.25, -0.2) is 0 Å². The fourth-order valence-electron chi connectivity index (χ4n) is 1.09. The van der Waals surface area contributed by atoms with E-state index in [0.717, 1.165) is 12.2 Å². The molecule has 0 aliphatic rings. The van der Waals surface area contributed by atoms with Crippen LogP contribution in [0, 0.1) is 0 Å². The van der Waals surface area contributed by atoms with E-state index in [1.165, 1.54) is 11.1 Å². The minimum atomic E-state index is -0.415. The van der Waals surface area contributed by atoms with Gasteiger partial charge in [0.15, 0.2) is 0 Å². The van der Waals surface area contributed by atoms with E-state index in [9.17, 15) is 4.79 Å². The van der Waals surface area contributed by atoms with E-state index >= 15 is 0 Å². The maximum Gasteiger partial charge on any atom is 0.520 e. The number of carbonyl (C=O) groups is 1. The largest absolute Gasteiger partial charge is 0.520 e. The summed E-state index contributed by atoms with van der Waals surface area (Å²) in [6, 6.07) is 8.18. The van der Waals surface area contributed by atoms with Crippen LogP contribution in [0.1, 0.15) is 11.1 Å². The minimum Gasteiger partial charge on any atom is -0.426 e. The molecule has 0 N–H and O–H groups in total. The van der Waals surface area contributed by atoms with Crippen molar-refractivity contribution in [2.24, 2.45) is 0 Å². The quantitative estimate of drug-likeness (QED) is 0.567. The third-order valence-corrected chi connectivity index (χ3v) is 2.40. The summed E-state index contributed by atoms with van der Waals surface area (Å²) < 4.78 is 4.77. The van der Waals surface area contributed by atoms with Gasteiger partial charge in [0.25, 0.3) is 0 Å². The van der Waals surface area contributed by atoms with Crippen molar-refractivity contribution < 1.29 is 9.53 Å². The summed E-state index contributed by atoms with van der Waals surface area (Å²) in [6.07, 6.45) is 0.748. The van der Waals surface area contributed by atoms with Crippen molar-refractivity contribution in [1.29, 1.82) is 0 Å². The Morgan fingerprint density at radius 1 is 1.21 bits per heavy atom. The highest BCUT2D eigenvalue weighted by atomic mass is 32.1. The van der Waals surface area contributed by atoms with Crippen LogP contribution in [-0.2, 0) is 42.2 Å². The summed E-state index contributed by atoms with van der Waals surface area (Å²) in [5, 5.41) is -0.415. The lowest BCUT2D eigenvalue weighted by Crippen LogP contribution is -2.02. The van der Waals surface area contributed by atoms with Crippen molar-refractivity contribution in [2.45, 2.75) is 12.2 Å². The Hall–Kier alpha value is -0.610. The molecular formula is C10H14O2S2+2. The fourth-order valence-corrected chi connectivity index (χ4v) is 1.42. The smallest absolute Gasteiger partial charge is 0.426 e. The summed E-state index contributed by atoms with van der Waals surface area (Å²) in [5.41, 5.74) is 2.41. The Morgan fingerprint density at radius 3 is 2.29 bits per heavy atom. The molecule has 0 saturated heterocycles. The zero-order chi connectivity index (χ0) is 10.4. The van der Waals surface area contributed by atoms with E-state index in [1.807, 2.05) is 12.1 Å². The molecule has 1 aromatic carbocycles. The van der Waals surface area contributed by atoms with Gasteiger partial charge in [-0.3, -0.25) is 0 Å². The van der Waals surface area contributed by atoms with E-state index < -0.39 is 5.30 Å². The number of rotatable bonds is 4. The standard InChI is InChI=1S/C10H12O2S2/c11-10(14)12-6-5-8-1-3-9(7-13)4-2-8/h1-4,13H,5-7H2,(H,11,14)/p+2. The maximum atomic E-state index is 10.4. The summed E-state index contributed by atoms with van der Waals surface area (Å²) in [7, 11) is 0. The van der Waals surface area contributed by atoms with Gasteiger partial charge in [0.2, 0.25) is 0 Å². The lowest BCUT2D eigenvalue weighted by Gasteiger charge is -2.00. The predicted molar refractivity (Wildman–Crippen MR) is 65.5 cm³/mol. The highest BCUT2D eigenvalue weighted by molar-refractivity contribution is 7.76. The van der Waals surface area contributed by atoms with Gasteiger partial charge in [-0.2, -0.15) is 4.79 Å². The average Bonchev–Trinajstić information content (AvgIpc) is 2.18. The van der Waals surface area contributed by atoms with Gasteiger partial charge in [0, 0.05) is 12.0 Å². The fraction of sp³-hybridized carbons (Fsp3) is 0.300. The van der Waals surface area contributed by atoms with Crippen molar-refractivity contribution in [3.05, 3.63) is 35.4 Å². The van der Waals surface area contributed by atoms with E-state index in [0.29, 0.717) is 6.61 Å². The van der Waals surface area contributed by atoms with Crippen molar-refractivity contribution >= 4 is 30.6 Å². The van der Waals surface area contributed by atoms with Crippen LogP contribution in [-0.4, -0.2) is 11.9 Å². The molecular weight excluding hydrogens is 216 g/mol. The first-order chi connectivity index (χ1) is 6.72. The molecule has 0 bridgehead atoms. The van der Waals surface area contributed by atoms with Crippen LogP contribution in [0.2, 0.25) is 0 Å². The van der Waals surface area contributed by atoms with Crippen LogP contribution in [0.25, 0.3) is 0 Å². The third kappa shape index (κ3) is 4.07. The van der Waals surface area contributed by atoms with E-state index in [4.69, 9.17) is 4.74 Å². The lowest BCUT2D eigenvalue weighted by molar-refractivity contribution is 0.177. The molecule has 0 fully saturated rings. The highest BCUT2D eigenvalue weighted by Gasteiger charge is 2.00. The zero-order valence-electron chi connectivity index (χ0n) is 7.75.